The van der Waals surface area contributed by atoms with E-state index in [2.05, 4.69) is 20.9 Å². The highest BCUT2D eigenvalue weighted by atomic mass is 79.9. The van der Waals surface area contributed by atoms with E-state index in [9.17, 15) is 14.3 Å². The topological polar surface area (TPSA) is 82.8 Å². The fraction of sp³-hybridized carbons (Fsp3) is 0.462. The van der Waals surface area contributed by atoms with Gasteiger partial charge in [0, 0.05) is 38.6 Å². The third-order valence-corrected chi connectivity index (χ3v) is 6.98. The summed E-state index contributed by atoms with van der Waals surface area (Å²) in [4.78, 5) is 16.8. The molecule has 10 heteroatoms. The largest absolute Gasteiger partial charge is 0.490 e. The maximum Gasteiger partial charge on any atom is 0.417 e. The number of carboxylic acid groups (broad SMARTS) is 1. The van der Waals surface area contributed by atoms with Crippen molar-refractivity contribution in [3.63, 3.8) is 0 Å². The van der Waals surface area contributed by atoms with Crippen LogP contribution in [0.3, 0.4) is 0 Å². The van der Waals surface area contributed by atoms with E-state index in [1.807, 2.05) is 47.6 Å². The minimum Gasteiger partial charge on any atom is -0.490 e. The highest BCUT2D eigenvalue weighted by molar-refractivity contribution is 9.10. The predicted molar refractivity (Wildman–Crippen MR) is 139 cm³/mol. The molecule has 2 atom stereocenters. The smallest absolute Gasteiger partial charge is 0.417 e. The number of fused-ring (bicyclic) bond motifs is 1. The maximum absolute atomic E-state index is 14.8. The van der Waals surface area contributed by atoms with Crippen molar-refractivity contribution in [3.8, 4) is 5.75 Å². The Labute approximate surface area is 222 Å². The Hall–Kier alpha value is -2.20. The number of hydrogen-bond donors (Lipinski definition) is 1. The quantitative estimate of drug-likeness (QED) is 0.345. The molecule has 1 aliphatic rings. The number of pyridine rings is 1. The van der Waals surface area contributed by atoms with Gasteiger partial charge in [-0.15, -0.1) is 0 Å². The highest BCUT2D eigenvalue weighted by Gasteiger charge is 2.36. The first kappa shape index (κ1) is 26.9. The maximum atomic E-state index is 14.8. The summed E-state index contributed by atoms with van der Waals surface area (Å²) in [7, 11) is 0. The minimum atomic E-state index is -1.15. The Morgan fingerprint density at radius 2 is 2.08 bits per heavy atom. The summed E-state index contributed by atoms with van der Waals surface area (Å²) in [5, 5.41) is 10.7. The number of carbonyl (C=O) groups is 1. The van der Waals surface area contributed by atoms with Crippen LogP contribution >= 0.6 is 27.5 Å². The molecule has 0 aliphatic carbocycles. The Kier molecular flexibility index (Phi) is 7.16. The fourth-order valence-electron chi connectivity index (χ4n) is 4.78. The number of hydrogen-bond acceptors (Lipinski definition) is 5. The lowest BCUT2D eigenvalue weighted by Gasteiger charge is -2.26. The summed E-state index contributed by atoms with van der Waals surface area (Å²) in [5.74, 6) is -1.44. The van der Waals surface area contributed by atoms with Crippen LogP contribution in [0.4, 0.5) is 9.18 Å². The average molecular weight is 584 g/mol. The number of rotatable bonds is 5. The summed E-state index contributed by atoms with van der Waals surface area (Å²) in [5.41, 5.74) is 1.36. The number of aromatic nitrogens is 2. The first-order chi connectivity index (χ1) is 16.7. The van der Waals surface area contributed by atoms with Crippen LogP contribution in [-0.2, 0) is 14.9 Å². The third kappa shape index (κ3) is 4.98. The lowest BCUT2D eigenvalue weighted by molar-refractivity contribution is -0.141. The van der Waals surface area contributed by atoms with E-state index in [-0.39, 0.29) is 17.7 Å². The number of nitrogens with zero attached hydrogens (tertiary/aromatic N) is 2. The molecule has 2 aromatic heterocycles. The van der Waals surface area contributed by atoms with Crippen LogP contribution in [0.5, 0.6) is 5.75 Å². The first-order valence-corrected chi connectivity index (χ1v) is 12.7. The molecule has 0 bridgehead atoms. The monoisotopic (exact) mass is 582 g/mol. The lowest BCUT2D eigenvalue weighted by Crippen LogP contribution is -2.25. The van der Waals surface area contributed by atoms with Gasteiger partial charge < -0.3 is 19.3 Å². The van der Waals surface area contributed by atoms with Gasteiger partial charge in [-0.2, -0.15) is 0 Å². The van der Waals surface area contributed by atoms with Gasteiger partial charge >= 0.3 is 6.09 Å². The molecule has 4 rings (SSSR count). The van der Waals surface area contributed by atoms with E-state index >= 15 is 0 Å². The second-order valence-corrected chi connectivity index (χ2v) is 11.7. The normalized spacial score (nSPS) is 18.5. The van der Waals surface area contributed by atoms with Crippen LogP contribution in [0.15, 0.2) is 28.9 Å². The Morgan fingerprint density at radius 1 is 1.39 bits per heavy atom. The molecule has 0 radical (unpaired) electrons. The third-order valence-electron chi connectivity index (χ3n) is 6.17. The molecule has 1 N–H and O–H groups in total. The van der Waals surface area contributed by atoms with E-state index in [0.29, 0.717) is 44.7 Å². The molecular weight excluding hydrogens is 555 g/mol. The van der Waals surface area contributed by atoms with Crippen molar-refractivity contribution < 1.29 is 28.5 Å². The number of halogens is 3. The van der Waals surface area contributed by atoms with Crippen LogP contribution in [-0.4, -0.2) is 45.9 Å². The molecule has 0 unspecified atom stereocenters. The van der Waals surface area contributed by atoms with Crippen molar-refractivity contribution in [1.29, 1.82) is 0 Å². The van der Waals surface area contributed by atoms with Gasteiger partial charge in [-0.1, -0.05) is 39.3 Å². The Bertz CT molecular complexity index is 1330. The van der Waals surface area contributed by atoms with Gasteiger partial charge in [-0.25, -0.2) is 18.7 Å². The van der Waals surface area contributed by atoms with Crippen LogP contribution in [0, 0.1) is 5.82 Å². The van der Waals surface area contributed by atoms with Gasteiger partial charge in [0.25, 0.3) is 0 Å². The van der Waals surface area contributed by atoms with Gasteiger partial charge in [0.05, 0.1) is 11.6 Å². The zero-order chi connectivity index (χ0) is 26.6. The molecule has 1 aliphatic heterocycles. The summed E-state index contributed by atoms with van der Waals surface area (Å²) in [6, 6.07) is 4.62. The second kappa shape index (κ2) is 9.59. The molecule has 3 aromatic rings. The summed E-state index contributed by atoms with van der Waals surface area (Å²) in [6.45, 7) is 11.8. The second-order valence-electron chi connectivity index (χ2n) is 10.4. The number of benzene rings is 1. The Morgan fingerprint density at radius 3 is 2.67 bits per heavy atom. The SMILES string of the molecule is C[C@H](c1c(OC[C@H]2COC(C)(C)O2)ccc(F)c1Cl)c1c(C(C)(C)C)n(C(=O)O)c2ncc(Br)cc12. The first-order valence-electron chi connectivity index (χ1n) is 11.6. The van der Waals surface area contributed by atoms with Gasteiger partial charge in [0.2, 0.25) is 0 Å². The fourth-order valence-corrected chi connectivity index (χ4v) is 5.43. The zero-order valence-electron chi connectivity index (χ0n) is 21.0. The summed E-state index contributed by atoms with van der Waals surface area (Å²) < 4.78 is 34.2. The molecule has 0 amide bonds. The van der Waals surface area contributed by atoms with Crippen molar-refractivity contribution in [2.45, 2.75) is 64.8 Å². The standard InChI is InChI=1S/C26H29BrClFN2O5/c1-13(19-16-9-14(27)10-30-23(16)31(24(32)33)22(19)25(2,3)4)20-18(8-7-17(29)21(20)28)34-11-15-12-35-26(5,6)36-15/h7-10,13,15H,11-12H2,1-6H3,(H,32,33)/t13-,15-/m0/s1. The van der Waals surface area contributed by atoms with E-state index in [4.69, 9.17) is 25.8 Å². The summed E-state index contributed by atoms with van der Waals surface area (Å²) in [6.07, 6.45) is 0.101. The van der Waals surface area contributed by atoms with Gasteiger partial charge in [0.1, 0.15) is 29.9 Å². The lowest BCUT2D eigenvalue weighted by atomic mass is 9.82. The highest BCUT2D eigenvalue weighted by Crippen LogP contribution is 2.46. The van der Waals surface area contributed by atoms with Crippen molar-refractivity contribution in [2.24, 2.45) is 0 Å². The minimum absolute atomic E-state index is 0.0806. The molecule has 36 heavy (non-hydrogen) atoms. The molecule has 1 fully saturated rings. The van der Waals surface area contributed by atoms with Gasteiger partial charge in [0.15, 0.2) is 5.79 Å². The van der Waals surface area contributed by atoms with Gasteiger partial charge in [-0.05, 0) is 53.5 Å². The van der Waals surface area contributed by atoms with Crippen molar-refractivity contribution in [3.05, 3.63) is 56.5 Å². The molecule has 194 valence electrons. The molecule has 0 spiro atoms. The van der Waals surface area contributed by atoms with E-state index in [0.717, 1.165) is 0 Å². The molecule has 3 heterocycles. The number of ether oxygens (including phenoxy) is 3. The van der Waals surface area contributed by atoms with Crippen LogP contribution < -0.4 is 4.74 Å². The Balaban J connectivity index is 1.89. The van der Waals surface area contributed by atoms with Crippen LogP contribution in [0.25, 0.3) is 11.0 Å². The predicted octanol–water partition coefficient (Wildman–Crippen LogP) is 7.10. The van der Waals surface area contributed by atoms with E-state index in [1.165, 1.54) is 16.7 Å². The van der Waals surface area contributed by atoms with Crippen LogP contribution in [0.2, 0.25) is 5.02 Å². The molecule has 7 nitrogen and oxygen atoms in total. The van der Waals surface area contributed by atoms with Gasteiger partial charge in [-0.3, -0.25) is 0 Å². The molecule has 1 aromatic carbocycles. The molecule has 1 saturated heterocycles. The van der Waals surface area contributed by atoms with Crippen molar-refractivity contribution in [1.82, 2.24) is 9.55 Å². The average Bonchev–Trinajstić information content (AvgIpc) is 3.30. The molecule has 0 saturated carbocycles. The van der Waals surface area contributed by atoms with E-state index in [1.54, 1.807) is 6.20 Å². The van der Waals surface area contributed by atoms with Crippen molar-refractivity contribution in [2.75, 3.05) is 13.2 Å². The van der Waals surface area contributed by atoms with E-state index < -0.39 is 29.0 Å². The van der Waals surface area contributed by atoms with Crippen molar-refractivity contribution >= 4 is 44.7 Å². The van der Waals surface area contributed by atoms with Crippen LogP contribution in [0.1, 0.15) is 64.3 Å². The molecular formula is C26H29BrClFN2O5. The zero-order valence-corrected chi connectivity index (χ0v) is 23.3. The summed E-state index contributed by atoms with van der Waals surface area (Å²) >= 11 is 9.99.